The lowest BCUT2D eigenvalue weighted by Gasteiger charge is -2.24. The van der Waals surface area contributed by atoms with E-state index in [1.54, 1.807) is 6.92 Å². The lowest BCUT2D eigenvalue weighted by molar-refractivity contribution is -0.145. The summed E-state index contributed by atoms with van der Waals surface area (Å²) in [5.41, 5.74) is 0. The van der Waals surface area contributed by atoms with Gasteiger partial charge in [0.2, 0.25) is 5.91 Å². The van der Waals surface area contributed by atoms with Gasteiger partial charge in [0.15, 0.2) is 0 Å². The van der Waals surface area contributed by atoms with E-state index in [1.807, 2.05) is 0 Å². The molecule has 0 radical (unpaired) electrons. The molecule has 0 aromatic heterocycles. The van der Waals surface area contributed by atoms with E-state index in [0.717, 1.165) is 6.42 Å². The van der Waals surface area contributed by atoms with Crippen molar-refractivity contribution in [3.05, 3.63) is 0 Å². The van der Waals surface area contributed by atoms with Gasteiger partial charge in [0.25, 0.3) is 12.8 Å². The molecule has 1 rings (SSSR count). The van der Waals surface area contributed by atoms with Gasteiger partial charge in [-0.05, 0) is 13.3 Å². The van der Waals surface area contributed by atoms with Crippen molar-refractivity contribution in [2.24, 2.45) is 0 Å². The molecular weight excluding hydrogens is 211 g/mol. The van der Waals surface area contributed by atoms with Crippen LogP contribution in [0.5, 0.6) is 0 Å². The summed E-state index contributed by atoms with van der Waals surface area (Å²) in [4.78, 5) is 12.7. The van der Waals surface area contributed by atoms with Crippen molar-refractivity contribution in [3.8, 4) is 0 Å². The standard InChI is InChI=1S/C9H14F3NO2/c1-6(5-15-9(12)8(10)11)13-4-2-3-7(13)14/h6,8-9H,2-5H2,1H3. The Morgan fingerprint density at radius 3 is 2.60 bits per heavy atom. The number of nitrogens with zero attached hydrogens (tertiary/aromatic N) is 1. The summed E-state index contributed by atoms with van der Waals surface area (Å²) in [6.07, 6.45) is -4.47. The number of carbonyl (C=O) groups excluding carboxylic acids is 1. The quantitative estimate of drug-likeness (QED) is 0.710. The van der Waals surface area contributed by atoms with Gasteiger partial charge in [-0.3, -0.25) is 4.79 Å². The molecule has 0 aromatic carbocycles. The molecule has 15 heavy (non-hydrogen) atoms. The summed E-state index contributed by atoms with van der Waals surface area (Å²) in [5.74, 6) is -0.0291. The number of amides is 1. The van der Waals surface area contributed by atoms with Crippen LogP contribution in [-0.2, 0) is 9.53 Å². The van der Waals surface area contributed by atoms with Crippen molar-refractivity contribution in [2.45, 2.75) is 38.6 Å². The van der Waals surface area contributed by atoms with E-state index in [-0.39, 0.29) is 18.6 Å². The molecule has 2 atom stereocenters. The number of hydrogen-bond donors (Lipinski definition) is 0. The smallest absolute Gasteiger partial charge is 0.293 e. The van der Waals surface area contributed by atoms with Crippen molar-refractivity contribution in [2.75, 3.05) is 13.2 Å². The average Bonchev–Trinajstić information content (AvgIpc) is 2.60. The van der Waals surface area contributed by atoms with Crippen LogP contribution in [0.15, 0.2) is 0 Å². The normalized spacial score (nSPS) is 21.1. The van der Waals surface area contributed by atoms with E-state index < -0.39 is 12.8 Å². The molecule has 0 aliphatic carbocycles. The van der Waals surface area contributed by atoms with Gasteiger partial charge in [0.1, 0.15) is 0 Å². The summed E-state index contributed by atoms with van der Waals surface area (Å²) < 4.78 is 40.2. The van der Waals surface area contributed by atoms with Crippen molar-refractivity contribution in [1.82, 2.24) is 4.90 Å². The summed E-state index contributed by atoms with van der Waals surface area (Å²) in [7, 11) is 0. The topological polar surface area (TPSA) is 29.5 Å². The Bertz CT molecular complexity index is 225. The molecule has 1 fully saturated rings. The van der Waals surface area contributed by atoms with Crippen molar-refractivity contribution >= 4 is 5.91 Å². The second-order valence-electron chi connectivity index (χ2n) is 3.56. The Morgan fingerprint density at radius 2 is 2.13 bits per heavy atom. The molecule has 2 unspecified atom stereocenters. The van der Waals surface area contributed by atoms with Crippen LogP contribution in [0, 0.1) is 0 Å². The first-order valence-corrected chi connectivity index (χ1v) is 4.85. The molecule has 1 aliphatic heterocycles. The van der Waals surface area contributed by atoms with E-state index in [9.17, 15) is 18.0 Å². The number of hydrogen-bond acceptors (Lipinski definition) is 2. The van der Waals surface area contributed by atoms with Crippen molar-refractivity contribution < 1.29 is 22.7 Å². The number of halogens is 3. The van der Waals surface area contributed by atoms with Crippen LogP contribution in [-0.4, -0.2) is 42.8 Å². The fourth-order valence-corrected chi connectivity index (χ4v) is 1.53. The summed E-state index contributed by atoms with van der Waals surface area (Å²) >= 11 is 0. The van der Waals surface area contributed by atoms with Crippen LogP contribution >= 0.6 is 0 Å². The summed E-state index contributed by atoms with van der Waals surface area (Å²) in [6.45, 7) is 2.05. The molecule has 0 saturated carbocycles. The van der Waals surface area contributed by atoms with Gasteiger partial charge in [-0.15, -0.1) is 0 Å². The predicted molar refractivity (Wildman–Crippen MR) is 47.3 cm³/mol. The Hall–Kier alpha value is -0.780. The van der Waals surface area contributed by atoms with E-state index in [4.69, 9.17) is 0 Å². The monoisotopic (exact) mass is 225 g/mol. The molecule has 0 N–H and O–H groups in total. The minimum Gasteiger partial charge on any atom is -0.342 e. The Balaban J connectivity index is 2.29. The summed E-state index contributed by atoms with van der Waals surface area (Å²) in [5, 5.41) is 0. The zero-order valence-corrected chi connectivity index (χ0v) is 8.46. The Labute approximate surface area is 86.2 Å². The van der Waals surface area contributed by atoms with Crippen LogP contribution < -0.4 is 0 Å². The highest BCUT2D eigenvalue weighted by atomic mass is 19.3. The minimum atomic E-state index is -3.13. The second kappa shape index (κ2) is 5.34. The van der Waals surface area contributed by atoms with E-state index >= 15 is 0 Å². The second-order valence-corrected chi connectivity index (χ2v) is 3.56. The van der Waals surface area contributed by atoms with Crippen LogP contribution in [0.1, 0.15) is 19.8 Å². The summed E-state index contributed by atoms with van der Waals surface area (Å²) in [6, 6.07) is -0.350. The molecule has 0 spiro atoms. The highest BCUT2D eigenvalue weighted by Gasteiger charge is 2.27. The third-order valence-corrected chi connectivity index (χ3v) is 2.34. The molecule has 1 saturated heterocycles. The highest BCUT2D eigenvalue weighted by molar-refractivity contribution is 5.78. The molecule has 3 nitrogen and oxygen atoms in total. The first kappa shape index (κ1) is 12.3. The van der Waals surface area contributed by atoms with Crippen molar-refractivity contribution in [3.63, 3.8) is 0 Å². The first-order chi connectivity index (χ1) is 7.02. The molecular formula is C9H14F3NO2. The lowest BCUT2D eigenvalue weighted by Crippen LogP contribution is -2.38. The number of ether oxygens (including phenoxy) is 1. The SMILES string of the molecule is CC(COC(F)C(F)F)N1CCCC1=O. The Morgan fingerprint density at radius 1 is 1.47 bits per heavy atom. The van der Waals surface area contributed by atoms with Crippen molar-refractivity contribution in [1.29, 1.82) is 0 Å². The van der Waals surface area contributed by atoms with Gasteiger partial charge in [-0.2, -0.15) is 0 Å². The Kier molecular flexibility index (Phi) is 4.38. The van der Waals surface area contributed by atoms with Gasteiger partial charge in [-0.25, -0.2) is 13.2 Å². The van der Waals surface area contributed by atoms with Gasteiger partial charge < -0.3 is 9.64 Å². The molecule has 1 aliphatic rings. The van der Waals surface area contributed by atoms with Crippen LogP contribution in [0.25, 0.3) is 0 Å². The number of alkyl halides is 3. The van der Waals surface area contributed by atoms with Gasteiger partial charge in [-0.1, -0.05) is 0 Å². The van der Waals surface area contributed by atoms with Gasteiger partial charge in [0.05, 0.1) is 12.6 Å². The number of carbonyl (C=O) groups is 1. The molecule has 0 bridgehead atoms. The zero-order chi connectivity index (χ0) is 11.4. The van der Waals surface area contributed by atoms with Crippen LogP contribution in [0.3, 0.4) is 0 Å². The van der Waals surface area contributed by atoms with E-state index in [2.05, 4.69) is 4.74 Å². The molecule has 1 amide bonds. The van der Waals surface area contributed by atoms with Gasteiger partial charge in [0, 0.05) is 13.0 Å². The maximum atomic E-state index is 12.4. The zero-order valence-electron chi connectivity index (χ0n) is 8.46. The fraction of sp³-hybridized carbons (Fsp3) is 0.889. The largest absolute Gasteiger partial charge is 0.342 e. The fourth-order valence-electron chi connectivity index (χ4n) is 1.53. The molecule has 0 aromatic rings. The predicted octanol–water partition coefficient (Wildman–Crippen LogP) is 1.57. The third kappa shape index (κ3) is 3.37. The van der Waals surface area contributed by atoms with Crippen LogP contribution in [0.4, 0.5) is 13.2 Å². The maximum absolute atomic E-state index is 12.4. The number of rotatable bonds is 5. The molecule has 6 heteroatoms. The van der Waals surface area contributed by atoms with E-state index in [1.165, 1.54) is 4.90 Å². The first-order valence-electron chi connectivity index (χ1n) is 4.85. The van der Waals surface area contributed by atoms with Gasteiger partial charge >= 0.3 is 0 Å². The molecule has 88 valence electrons. The number of likely N-dealkylation sites (tertiary alicyclic amines) is 1. The lowest BCUT2D eigenvalue weighted by atomic mass is 10.3. The molecule has 1 heterocycles. The average molecular weight is 225 g/mol. The third-order valence-electron chi connectivity index (χ3n) is 2.34. The maximum Gasteiger partial charge on any atom is 0.293 e. The highest BCUT2D eigenvalue weighted by Crippen LogP contribution is 2.15. The van der Waals surface area contributed by atoms with Crippen LogP contribution in [0.2, 0.25) is 0 Å². The minimum absolute atomic E-state index is 0.0291. The van der Waals surface area contributed by atoms with E-state index in [0.29, 0.717) is 13.0 Å².